The summed E-state index contributed by atoms with van der Waals surface area (Å²) in [4.78, 5) is 12.1. The molecule has 1 aliphatic carbocycles. The summed E-state index contributed by atoms with van der Waals surface area (Å²) in [6.07, 6.45) is 3.66. The number of para-hydroxylation sites is 1. The lowest BCUT2D eigenvalue weighted by Gasteiger charge is -2.13. The molecule has 3 N–H and O–H groups in total. The zero-order valence-electron chi connectivity index (χ0n) is 12.3. The SMILES string of the molecule is CC1CCC(CNC(=O)COc2ccccc2C(N)=S)C1. The fourth-order valence-corrected chi connectivity index (χ4v) is 2.93. The van der Waals surface area contributed by atoms with Crippen LogP contribution >= 0.6 is 12.2 Å². The number of ether oxygens (including phenoxy) is 1. The minimum absolute atomic E-state index is 0.0120. The molecule has 114 valence electrons. The van der Waals surface area contributed by atoms with Gasteiger partial charge in [0.05, 0.1) is 5.56 Å². The lowest BCUT2D eigenvalue weighted by atomic mass is 10.1. The van der Waals surface area contributed by atoms with Crippen LogP contribution in [0.1, 0.15) is 31.7 Å². The van der Waals surface area contributed by atoms with E-state index in [0.717, 1.165) is 12.5 Å². The van der Waals surface area contributed by atoms with Gasteiger partial charge in [0, 0.05) is 6.54 Å². The van der Waals surface area contributed by atoms with E-state index >= 15 is 0 Å². The first-order valence-electron chi connectivity index (χ1n) is 7.34. The summed E-state index contributed by atoms with van der Waals surface area (Å²) >= 11 is 4.96. The molecular weight excluding hydrogens is 284 g/mol. The zero-order valence-corrected chi connectivity index (χ0v) is 13.1. The van der Waals surface area contributed by atoms with Gasteiger partial charge >= 0.3 is 0 Å². The van der Waals surface area contributed by atoms with Crippen molar-refractivity contribution >= 4 is 23.1 Å². The van der Waals surface area contributed by atoms with Crippen LogP contribution in [-0.4, -0.2) is 24.0 Å². The van der Waals surface area contributed by atoms with Crippen LogP contribution in [0.15, 0.2) is 24.3 Å². The van der Waals surface area contributed by atoms with Crippen molar-refractivity contribution in [2.75, 3.05) is 13.2 Å². The summed E-state index contributed by atoms with van der Waals surface area (Å²) in [5.41, 5.74) is 6.28. The molecule has 1 fully saturated rings. The molecule has 0 spiro atoms. The number of carbonyl (C=O) groups is 1. The smallest absolute Gasteiger partial charge is 0.257 e. The predicted octanol–water partition coefficient (Wildman–Crippen LogP) is 2.25. The van der Waals surface area contributed by atoms with Gasteiger partial charge < -0.3 is 15.8 Å². The Morgan fingerprint density at radius 2 is 2.19 bits per heavy atom. The van der Waals surface area contributed by atoms with Crippen LogP contribution in [0.4, 0.5) is 0 Å². The number of nitrogens with two attached hydrogens (primary N) is 1. The van der Waals surface area contributed by atoms with Crippen molar-refractivity contribution in [1.82, 2.24) is 5.32 Å². The van der Waals surface area contributed by atoms with Gasteiger partial charge in [-0.2, -0.15) is 0 Å². The van der Waals surface area contributed by atoms with E-state index < -0.39 is 0 Å². The third kappa shape index (κ3) is 4.70. The van der Waals surface area contributed by atoms with Crippen molar-refractivity contribution in [3.63, 3.8) is 0 Å². The second-order valence-corrected chi connectivity index (χ2v) is 6.18. The summed E-state index contributed by atoms with van der Waals surface area (Å²) in [5, 5.41) is 2.94. The minimum atomic E-state index is -0.104. The third-order valence-electron chi connectivity index (χ3n) is 3.90. The topological polar surface area (TPSA) is 64.3 Å². The second kappa shape index (κ2) is 7.41. The average Bonchev–Trinajstić information content (AvgIpc) is 2.88. The molecule has 2 atom stereocenters. The van der Waals surface area contributed by atoms with Gasteiger partial charge in [-0.15, -0.1) is 0 Å². The van der Waals surface area contributed by atoms with Crippen LogP contribution in [-0.2, 0) is 4.79 Å². The summed E-state index contributed by atoms with van der Waals surface area (Å²) in [6, 6.07) is 7.22. The maximum Gasteiger partial charge on any atom is 0.257 e. The molecule has 1 aromatic carbocycles. The summed E-state index contributed by atoms with van der Waals surface area (Å²) in [6.45, 7) is 2.99. The van der Waals surface area contributed by atoms with Gasteiger partial charge in [0.2, 0.25) is 0 Å². The molecule has 1 amide bonds. The standard InChI is InChI=1S/C16H22N2O2S/c1-11-6-7-12(8-11)9-18-15(19)10-20-14-5-3-2-4-13(14)16(17)21/h2-5,11-12H,6-10H2,1H3,(H2,17,21)(H,18,19). The third-order valence-corrected chi connectivity index (χ3v) is 4.12. The van der Waals surface area contributed by atoms with Crippen LogP contribution in [0.25, 0.3) is 0 Å². The molecule has 21 heavy (non-hydrogen) atoms. The number of carbonyl (C=O) groups excluding carboxylic acids is 1. The van der Waals surface area contributed by atoms with Gasteiger partial charge in [0.1, 0.15) is 10.7 Å². The Balaban J connectivity index is 1.77. The van der Waals surface area contributed by atoms with Gasteiger partial charge in [-0.3, -0.25) is 4.79 Å². The van der Waals surface area contributed by atoms with Crippen molar-refractivity contribution in [3.8, 4) is 5.75 Å². The summed E-state index contributed by atoms with van der Waals surface area (Å²) in [5.74, 6) is 1.83. The Labute approximate surface area is 131 Å². The molecule has 1 saturated carbocycles. The quantitative estimate of drug-likeness (QED) is 0.791. The van der Waals surface area contributed by atoms with Crippen LogP contribution in [0.3, 0.4) is 0 Å². The molecular formula is C16H22N2O2S. The highest BCUT2D eigenvalue weighted by atomic mass is 32.1. The molecule has 1 aliphatic rings. The van der Waals surface area contributed by atoms with E-state index in [2.05, 4.69) is 12.2 Å². The number of hydrogen-bond donors (Lipinski definition) is 2. The molecule has 5 heteroatoms. The first-order chi connectivity index (χ1) is 10.1. The number of rotatable bonds is 6. The maximum atomic E-state index is 11.8. The Morgan fingerprint density at radius 1 is 1.43 bits per heavy atom. The van der Waals surface area contributed by atoms with Gasteiger partial charge in [0.15, 0.2) is 6.61 Å². The fourth-order valence-electron chi connectivity index (χ4n) is 2.76. The number of thiocarbonyl (C=S) groups is 1. The molecule has 0 aliphatic heterocycles. The van der Waals surface area contributed by atoms with E-state index in [4.69, 9.17) is 22.7 Å². The second-order valence-electron chi connectivity index (χ2n) is 5.74. The number of hydrogen-bond acceptors (Lipinski definition) is 3. The van der Waals surface area contributed by atoms with Crippen LogP contribution < -0.4 is 15.8 Å². The molecule has 0 radical (unpaired) electrons. The zero-order chi connectivity index (χ0) is 15.2. The molecule has 0 aromatic heterocycles. The van der Waals surface area contributed by atoms with Crippen LogP contribution in [0.5, 0.6) is 5.75 Å². The molecule has 4 nitrogen and oxygen atoms in total. The van der Waals surface area contributed by atoms with Crippen LogP contribution in [0, 0.1) is 11.8 Å². The minimum Gasteiger partial charge on any atom is -0.483 e. The molecule has 2 unspecified atom stereocenters. The normalized spacial score (nSPS) is 21.0. The first kappa shape index (κ1) is 15.8. The lowest BCUT2D eigenvalue weighted by molar-refractivity contribution is -0.123. The lowest BCUT2D eigenvalue weighted by Crippen LogP contribution is -2.32. The Bertz CT molecular complexity index is 519. The van der Waals surface area contributed by atoms with E-state index in [9.17, 15) is 4.79 Å². The van der Waals surface area contributed by atoms with E-state index in [-0.39, 0.29) is 17.5 Å². The Morgan fingerprint density at radius 3 is 2.86 bits per heavy atom. The monoisotopic (exact) mass is 306 g/mol. The van der Waals surface area contributed by atoms with E-state index in [1.807, 2.05) is 12.1 Å². The molecule has 1 aromatic rings. The summed E-state index contributed by atoms with van der Waals surface area (Å²) < 4.78 is 5.52. The fraction of sp³-hybridized carbons (Fsp3) is 0.500. The molecule has 2 rings (SSSR count). The van der Waals surface area contributed by atoms with Gasteiger partial charge in [-0.1, -0.05) is 37.7 Å². The Hall–Kier alpha value is -1.62. The van der Waals surface area contributed by atoms with Crippen molar-refractivity contribution in [3.05, 3.63) is 29.8 Å². The Kier molecular flexibility index (Phi) is 5.56. The number of benzene rings is 1. The number of amides is 1. The van der Waals surface area contributed by atoms with Crippen molar-refractivity contribution in [2.45, 2.75) is 26.2 Å². The first-order valence-corrected chi connectivity index (χ1v) is 7.75. The van der Waals surface area contributed by atoms with Gasteiger partial charge in [-0.25, -0.2) is 0 Å². The highest BCUT2D eigenvalue weighted by molar-refractivity contribution is 7.80. The molecule has 0 bridgehead atoms. The average molecular weight is 306 g/mol. The highest BCUT2D eigenvalue weighted by Crippen LogP contribution is 2.29. The van der Waals surface area contributed by atoms with Crippen molar-refractivity contribution in [2.24, 2.45) is 17.6 Å². The van der Waals surface area contributed by atoms with Crippen molar-refractivity contribution in [1.29, 1.82) is 0 Å². The van der Waals surface area contributed by atoms with Crippen molar-refractivity contribution < 1.29 is 9.53 Å². The van der Waals surface area contributed by atoms with E-state index in [1.165, 1.54) is 19.3 Å². The predicted molar refractivity (Wildman–Crippen MR) is 87.3 cm³/mol. The number of nitrogens with one attached hydrogen (secondary N) is 1. The maximum absolute atomic E-state index is 11.8. The van der Waals surface area contributed by atoms with E-state index in [0.29, 0.717) is 17.2 Å². The summed E-state index contributed by atoms with van der Waals surface area (Å²) in [7, 11) is 0. The van der Waals surface area contributed by atoms with Crippen LogP contribution in [0.2, 0.25) is 0 Å². The highest BCUT2D eigenvalue weighted by Gasteiger charge is 2.21. The van der Waals surface area contributed by atoms with E-state index in [1.54, 1.807) is 12.1 Å². The molecule has 0 saturated heterocycles. The van der Waals surface area contributed by atoms with Gasteiger partial charge in [-0.05, 0) is 36.8 Å². The largest absolute Gasteiger partial charge is 0.483 e. The molecule has 0 heterocycles. The van der Waals surface area contributed by atoms with Gasteiger partial charge in [0.25, 0.3) is 5.91 Å².